The molecule has 9 atom stereocenters. The Labute approximate surface area is 411 Å². The largest absolute Gasteiger partial charge is 0.391 e. The fourth-order valence-corrected chi connectivity index (χ4v) is 9.42. The van der Waals surface area contributed by atoms with Crippen LogP contribution in [-0.4, -0.2) is 178 Å². The molecule has 3 aliphatic heterocycles. The van der Waals surface area contributed by atoms with E-state index < -0.39 is 114 Å². The maximum atomic E-state index is 14.7. The highest BCUT2D eigenvalue weighted by Gasteiger charge is 2.43. The number of carbonyl (C=O) groups excluding carboxylic acids is 9. The average molecular weight is 972 g/mol. The summed E-state index contributed by atoms with van der Waals surface area (Å²) in [6.45, 7) is 8.99. The van der Waals surface area contributed by atoms with Gasteiger partial charge >= 0.3 is 0 Å². The Bertz CT molecular complexity index is 2190. The molecule has 0 aliphatic carbocycles. The Hall–Kier alpha value is -6.37. The first-order valence-electron chi connectivity index (χ1n) is 24.6. The Morgan fingerprint density at radius 1 is 0.629 bits per heavy atom. The van der Waals surface area contributed by atoms with Crippen molar-refractivity contribution in [2.45, 2.75) is 147 Å². The third-order valence-corrected chi connectivity index (χ3v) is 13.7. The van der Waals surface area contributed by atoms with Gasteiger partial charge in [-0.05, 0) is 76.3 Å². The van der Waals surface area contributed by atoms with Gasteiger partial charge in [-0.1, -0.05) is 74.5 Å². The van der Waals surface area contributed by atoms with Crippen molar-refractivity contribution < 1.29 is 48.3 Å². The van der Waals surface area contributed by atoms with Crippen molar-refractivity contribution in [2.75, 3.05) is 40.8 Å². The van der Waals surface area contributed by atoms with E-state index in [1.165, 1.54) is 46.8 Å². The quantitative estimate of drug-likeness (QED) is 0.249. The summed E-state index contributed by atoms with van der Waals surface area (Å²) in [6.07, 6.45) is 1.17. The van der Waals surface area contributed by atoms with Crippen LogP contribution in [0.15, 0.2) is 60.7 Å². The van der Waals surface area contributed by atoms with E-state index in [0.717, 1.165) is 34.0 Å². The highest BCUT2D eigenvalue weighted by atomic mass is 16.3. The molecule has 0 bridgehead atoms. The Balaban J connectivity index is 1.58. The standard InChI is InChI=1S/C51H73N9O10/c1-31(2)27-37-50(69)60-26-18-23-39(60)44(63)54-38(49(68)59-24-16-11-17-25-59)30-42(62)52-32(3)47(66)56(6)33(4)48(67)57(7)41(29-36-21-14-10-15-22-36)46(65)55-43(34(5)61)51(70)58(8)40(45(64)53-37)28-35-19-12-9-13-20-35/h9-10,12-15,19-22,31-34,37-41,43,61H,11,16-18,23-30H2,1-8H3,(H,52,62)(H,53,64)(H,54,63)(H,55,65)/t32-,33-,34+,37-,38-,39-,40-,41-,43-/m0/s1. The second-order valence-electron chi connectivity index (χ2n) is 19.5. The molecular weight excluding hydrogens is 899 g/mol. The minimum atomic E-state index is -1.62. The molecule has 0 spiro atoms. The van der Waals surface area contributed by atoms with E-state index in [1.807, 2.05) is 13.8 Å². The summed E-state index contributed by atoms with van der Waals surface area (Å²) in [7, 11) is 4.14. The Kier molecular flexibility index (Phi) is 19.5. The monoisotopic (exact) mass is 972 g/mol. The van der Waals surface area contributed by atoms with Crippen LogP contribution in [0.25, 0.3) is 0 Å². The number of likely N-dealkylation sites (tertiary alicyclic amines) is 1. The normalized spacial score (nSPS) is 27.3. The summed E-state index contributed by atoms with van der Waals surface area (Å²) in [5.41, 5.74) is 1.33. The minimum Gasteiger partial charge on any atom is -0.391 e. The van der Waals surface area contributed by atoms with E-state index in [2.05, 4.69) is 21.3 Å². The van der Waals surface area contributed by atoms with Crippen molar-refractivity contribution in [3.63, 3.8) is 0 Å². The number of rotatable bonds is 8. The molecule has 0 aromatic heterocycles. The van der Waals surface area contributed by atoms with Crippen LogP contribution >= 0.6 is 0 Å². The van der Waals surface area contributed by atoms with Gasteiger partial charge in [-0.15, -0.1) is 0 Å². The van der Waals surface area contributed by atoms with Crippen molar-refractivity contribution >= 4 is 53.2 Å². The molecule has 0 radical (unpaired) electrons. The van der Waals surface area contributed by atoms with Crippen LogP contribution in [0.2, 0.25) is 0 Å². The first-order valence-corrected chi connectivity index (χ1v) is 24.6. The number of aliphatic hydroxyl groups is 1. The number of amides is 9. The summed E-state index contributed by atoms with van der Waals surface area (Å²) >= 11 is 0. The van der Waals surface area contributed by atoms with Gasteiger partial charge in [0, 0.05) is 53.6 Å². The van der Waals surface area contributed by atoms with Gasteiger partial charge < -0.3 is 50.9 Å². The van der Waals surface area contributed by atoms with Gasteiger partial charge in [0.05, 0.1) is 12.5 Å². The van der Waals surface area contributed by atoms with Crippen molar-refractivity contribution in [1.82, 2.24) is 45.8 Å². The highest BCUT2D eigenvalue weighted by Crippen LogP contribution is 2.23. The second-order valence-corrected chi connectivity index (χ2v) is 19.5. The van der Waals surface area contributed by atoms with E-state index in [9.17, 15) is 48.3 Å². The molecule has 19 nitrogen and oxygen atoms in total. The van der Waals surface area contributed by atoms with Gasteiger partial charge in [-0.2, -0.15) is 0 Å². The van der Waals surface area contributed by atoms with Crippen molar-refractivity contribution in [3.8, 4) is 0 Å². The molecule has 3 fully saturated rings. The zero-order chi connectivity index (χ0) is 51.4. The number of aliphatic hydroxyl groups excluding tert-OH is 1. The van der Waals surface area contributed by atoms with Crippen LogP contribution in [0, 0.1) is 5.92 Å². The minimum absolute atomic E-state index is 0.0245. The molecule has 3 aliphatic rings. The highest BCUT2D eigenvalue weighted by molar-refractivity contribution is 5.99. The fraction of sp³-hybridized carbons (Fsp3) is 0.588. The number of hydrogen-bond acceptors (Lipinski definition) is 10. The van der Waals surface area contributed by atoms with Crippen LogP contribution < -0.4 is 21.3 Å². The van der Waals surface area contributed by atoms with Crippen LogP contribution in [0.4, 0.5) is 0 Å². The number of fused-ring (bicyclic) bond motifs is 1. The lowest BCUT2D eigenvalue weighted by molar-refractivity contribution is -0.149. The average Bonchev–Trinajstić information content (AvgIpc) is 3.85. The van der Waals surface area contributed by atoms with E-state index in [4.69, 9.17) is 0 Å². The third kappa shape index (κ3) is 13.9. The molecule has 3 saturated heterocycles. The van der Waals surface area contributed by atoms with E-state index in [-0.39, 0.29) is 38.1 Å². The number of likely N-dealkylation sites (N-methyl/N-ethyl adjacent to an activating group) is 3. The van der Waals surface area contributed by atoms with Crippen molar-refractivity contribution in [3.05, 3.63) is 71.8 Å². The summed E-state index contributed by atoms with van der Waals surface area (Å²) in [4.78, 5) is 135. The maximum absolute atomic E-state index is 14.7. The lowest BCUT2D eigenvalue weighted by atomic mass is 9.99. The summed E-state index contributed by atoms with van der Waals surface area (Å²) in [5.74, 6) is -6.17. The number of benzene rings is 2. The van der Waals surface area contributed by atoms with Gasteiger partial charge in [0.25, 0.3) is 0 Å². The van der Waals surface area contributed by atoms with E-state index >= 15 is 0 Å². The predicted molar refractivity (Wildman–Crippen MR) is 260 cm³/mol. The van der Waals surface area contributed by atoms with E-state index in [0.29, 0.717) is 30.6 Å². The van der Waals surface area contributed by atoms with Gasteiger partial charge in [0.15, 0.2) is 0 Å². The number of carbonyl (C=O) groups is 9. The number of nitrogens with one attached hydrogen (secondary N) is 4. The SMILES string of the molecule is CC(C)C[C@@H]1NC(=O)[C@H](Cc2ccccc2)N(C)C(=O)[C@H]([C@@H](C)O)NC(=O)[C@H](Cc2ccccc2)N(C)C(=O)[C@H](C)N(C)C(=O)[C@H](C)NC(=O)C[C@@H](C(=O)N2CCCCC2)NC(=O)[C@@H]2CCCN2C1=O. The predicted octanol–water partition coefficient (Wildman–Crippen LogP) is 0.766. The molecule has 5 N–H and O–H groups in total. The summed E-state index contributed by atoms with van der Waals surface area (Å²) < 4.78 is 0. The van der Waals surface area contributed by atoms with Crippen molar-refractivity contribution in [1.29, 1.82) is 0 Å². The molecule has 2 aromatic rings. The van der Waals surface area contributed by atoms with Crippen LogP contribution in [0.3, 0.4) is 0 Å². The van der Waals surface area contributed by atoms with Gasteiger partial charge in [0.1, 0.15) is 48.3 Å². The maximum Gasteiger partial charge on any atom is 0.248 e. The molecule has 0 unspecified atom stereocenters. The fourth-order valence-electron chi connectivity index (χ4n) is 9.42. The van der Waals surface area contributed by atoms with Gasteiger partial charge in [0.2, 0.25) is 53.2 Å². The molecule has 0 saturated carbocycles. The van der Waals surface area contributed by atoms with Crippen LogP contribution in [-0.2, 0) is 56.0 Å². The molecule has 2 aromatic carbocycles. The summed E-state index contributed by atoms with van der Waals surface area (Å²) in [6, 6.07) is 7.62. The second kappa shape index (κ2) is 25.0. The first kappa shape index (κ1) is 54.6. The lowest BCUT2D eigenvalue weighted by Crippen LogP contribution is -2.62. The Morgan fingerprint density at radius 3 is 1.71 bits per heavy atom. The molecule has 3 heterocycles. The molecular formula is C51H73N9O10. The molecule has 382 valence electrons. The molecule has 70 heavy (non-hydrogen) atoms. The summed E-state index contributed by atoms with van der Waals surface area (Å²) in [5, 5.41) is 22.1. The van der Waals surface area contributed by atoms with Crippen LogP contribution in [0.5, 0.6) is 0 Å². The number of hydrogen-bond donors (Lipinski definition) is 5. The van der Waals surface area contributed by atoms with Gasteiger partial charge in [-0.3, -0.25) is 43.2 Å². The van der Waals surface area contributed by atoms with E-state index in [1.54, 1.807) is 65.6 Å². The van der Waals surface area contributed by atoms with Gasteiger partial charge in [-0.25, -0.2) is 0 Å². The van der Waals surface area contributed by atoms with Crippen LogP contribution in [0.1, 0.15) is 90.7 Å². The zero-order valence-corrected chi connectivity index (χ0v) is 41.9. The number of piperidine rings is 1. The molecule has 9 amide bonds. The van der Waals surface area contributed by atoms with Crippen molar-refractivity contribution in [2.24, 2.45) is 5.92 Å². The smallest absolute Gasteiger partial charge is 0.248 e. The number of nitrogens with zero attached hydrogens (tertiary/aromatic N) is 5. The lowest BCUT2D eigenvalue weighted by Gasteiger charge is -2.36. The molecule has 19 heteroatoms. The zero-order valence-electron chi connectivity index (χ0n) is 41.9. The topological polar surface area (TPSA) is 238 Å². The first-order chi connectivity index (χ1) is 33.2. The third-order valence-electron chi connectivity index (χ3n) is 13.7. The Morgan fingerprint density at radius 2 is 1.17 bits per heavy atom. The molecule has 5 rings (SSSR count).